The van der Waals surface area contributed by atoms with E-state index in [4.69, 9.17) is 18.9 Å². The van der Waals surface area contributed by atoms with Crippen molar-refractivity contribution in [2.24, 2.45) is 0 Å². The van der Waals surface area contributed by atoms with Crippen LogP contribution in [0.1, 0.15) is 93.0 Å². The Balaban J connectivity index is 1.57. The molecule has 0 saturated heterocycles. The number of rotatable bonds is 13. The monoisotopic (exact) mass is 763 g/mol. The molecule has 1 atom stereocenters. The Morgan fingerprint density at radius 3 is 2.07 bits per heavy atom. The number of anilines is 1. The van der Waals surface area contributed by atoms with Crippen LogP contribution >= 0.6 is 0 Å². The molecular weight excluding hydrogens is 715 g/mol. The summed E-state index contributed by atoms with van der Waals surface area (Å²) in [6, 6.07) is 5.49. The van der Waals surface area contributed by atoms with Crippen LogP contribution in [0.3, 0.4) is 0 Å². The summed E-state index contributed by atoms with van der Waals surface area (Å²) in [6.45, 7) is 14.1. The fourth-order valence-electron chi connectivity index (χ4n) is 5.28. The highest BCUT2D eigenvalue weighted by Gasteiger charge is 2.56. The van der Waals surface area contributed by atoms with E-state index < -0.39 is 90.0 Å². The van der Waals surface area contributed by atoms with Crippen molar-refractivity contribution in [2.45, 2.75) is 128 Å². The fourth-order valence-corrected chi connectivity index (χ4v) is 5.28. The Labute approximate surface area is 311 Å². The second kappa shape index (κ2) is 15.8. The van der Waals surface area contributed by atoms with Crippen molar-refractivity contribution < 1.29 is 51.3 Å². The first-order valence-electron chi connectivity index (χ1n) is 17.3. The third-order valence-corrected chi connectivity index (χ3v) is 7.51. The summed E-state index contributed by atoms with van der Waals surface area (Å²) in [5.41, 5.74) is -0.269. The van der Waals surface area contributed by atoms with Crippen LogP contribution in [0.15, 0.2) is 42.4 Å². The number of alkyl halides is 3. The Morgan fingerprint density at radius 1 is 0.926 bits per heavy atom. The Kier molecular flexibility index (Phi) is 12.2. The number of hydrazine groups is 2. The van der Waals surface area contributed by atoms with Crippen LogP contribution in [-0.4, -0.2) is 85.6 Å². The molecule has 296 valence electrons. The van der Waals surface area contributed by atoms with E-state index in [2.05, 4.69) is 31.5 Å². The number of nitrogens with one attached hydrogen (secondary N) is 3. The summed E-state index contributed by atoms with van der Waals surface area (Å²) in [6.07, 6.45) is -1.74. The van der Waals surface area contributed by atoms with Crippen LogP contribution in [-0.2, 0) is 45.2 Å². The zero-order valence-corrected chi connectivity index (χ0v) is 31.8. The van der Waals surface area contributed by atoms with Gasteiger partial charge in [-0.1, -0.05) is 0 Å². The van der Waals surface area contributed by atoms with Crippen LogP contribution in [0.5, 0.6) is 5.75 Å². The highest BCUT2D eigenvalue weighted by Crippen LogP contribution is 2.40. The molecule has 1 fully saturated rings. The van der Waals surface area contributed by atoms with Crippen molar-refractivity contribution in [2.75, 3.05) is 11.9 Å². The van der Waals surface area contributed by atoms with Gasteiger partial charge in [0.05, 0.1) is 24.4 Å². The summed E-state index contributed by atoms with van der Waals surface area (Å²) in [5.74, 6) is -6.08. The molecule has 0 spiro atoms. The number of esters is 3. The molecule has 4 rings (SSSR count). The lowest BCUT2D eigenvalue weighted by atomic mass is 9.78. The van der Waals surface area contributed by atoms with Gasteiger partial charge < -0.3 is 24.3 Å². The zero-order valence-electron chi connectivity index (χ0n) is 31.8. The average molecular weight is 764 g/mol. The molecule has 0 radical (unpaired) electrons. The second-order valence-corrected chi connectivity index (χ2v) is 16.2. The highest BCUT2D eigenvalue weighted by molar-refractivity contribution is 6.06. The molecule has 15 nitrogen and oxygen atoms in total. The minimum Gasteiger partial charge on any atom is -0.490 e. The number of aromatic nitrogens is 3. The maximum atomic E-state index is 16.2. The molecule has 1 saturated carbocycles. The van der Waals surface area contributed by atoms with E-state index in [1.807, 2.05) is 0 Å². The molecule has 54 heavy (non-hydrogen) atoms. The first kappa shape index (κ1) is 41.8. The number of hydrogen-bond acceptors (Lipinski definition) is 14. The number of carbonyl (C=O) groups is 4. The molecule has 0 bridgehead atoms. The van der Waals surface area contributed by atoms with E-state index in [1.165, 1.54) is 41.7 Å². The van der Waals surface area contributed by atoms with Crippen molar-refractivity contribution >= 4 is 29.6 Å². The quantitative estimate of drug-likeness (QED) is 0.148. The summed E-state index contributed by atoms with van der Waals surface area (Å²) < 4.78 is 64.9. The Hall–Kier alpha value is -5.00. The topological polar surface area (TPSA) is 183 Å². The Bertz CT molecular complexity index is 1700. The van der Waals surface area contributed by atoms with Crippen LogP contribution in [0.4, 0.5) is 19.0 Å². The molecular formula is C36H48F3N7O8. The van der Waals surface area contributed by atoms with Crippen molar-refractivity contribution in [1.82, 2.24) is 31.2 Å². The molecule has 3 heterocycles. The first-order chi connectivity index (χ1) is 24.8. The van der Waals surface area contributed by atoms with E-state index >= 15 is 4.39 Å². The standard InChI is InChI=1S/C36H48F3N7O8/c1-32(2,3)52-29(48)25-20-46(45-42-25)19-21(37)16-36(30(49)53-33(4,5)6,31(50)54-34(7,8)9)26-10-11-27(44-43-26)41-28(47)15-22-14-23(12-13-40-22)51-24-17-35(38,39)18-24/h10-14,20-21,24,42,45H,15-19H2,1-9H3,(H,41,44,47)/t21-/m1/s1. The maximum absolute atomic E-state index is 16.2. The number of pyridine rings is 1. The molecule has 2 aliphatic rings. The molecule has 1 aliphatic heterocycles. The largest absolute Gasteiger partial charge is 0.490 e. The lowest BCUT2D eigenvalue weighted by molar-refractivity contribution is -0.179. The van der Waals surface area contributed by atoms with Crippen molar-refractivity contribution in [3.8, 4) is 5.75 Å². The normalized spacial score (nSPS) is 16.7. The third-order valence-electron chi connectivity index (χ3n) is 7.51. The van der Waals surface area contributed by atoms with Gasteiger partial charge in [0.1, 0.15) is 34.8 Å². The number of nitrogens with zero attached hydrogens (tertiary/aromatic N) is 4. The minimum absolute atomic E-state index is 0.00371. The molecule has 0 unspecified atom stereocenters. The molecule has 2 aromatic heterocycles. The van der Waals surface area contributed by atoms with Gasteiger partial charge in [0.2, 0.25) is 11.3 Å². The van der Waals surface area contributed by atoms with Gasteiger partial charge in [0.25, 0.3) is 5.92 Å². The van der Waals surface area contributed by atoms with E-state index in [1.54, 1.807) is 62.3 Å². The SMILES string of the molecule is CC(C)(C)OC(=O)C1=CN(C[C@H](F)CC(C(=O)OC(C)(C)C)(C(=O)OC(C)(C)C)c2ccc(NC(=O)Cc3cc(OC4CC(F)(F)C4)ccn3)nn2)NN1. The summed E-state index contributed by atoms with van der Waals surface area (Å²) in [5, 5.41) is 11.9. The highest BCUT2D eigenvalue weighted by atomic mass is 19.3. The van der Waals surface area contributed by atoms with Gasteiger partial charge >= 0.3 is 17.9 Å². The first-order valence-corrected chi connectivity index (χ1v) is 17.3. The molecule has 3 N–H and O–H groups in total. The number of hydrogen-bond donors (Lipinski definition) is 3. The summed E-state index contributed by atoms with van der Waals surface area (Å²) in [4.78, 5) is 57.7. The lowest BCUT2D eigenvalue weighted by Gasteiger charge is -2.35. The van der Waals surface area contributed by atoms with Gasteiger partial charge in [-0.3, -0.25) is 29.8 Å². The Morgan fingerprint density at radius 2 is 1.54 bits per heavy atom. The second-order valence-electron chi connectivity index (χ2n) is 16.2. The van der Waals surface area contributed by atoms with Crippen molar-refractivity contribution in [3.63, 3.8) is 0 Å². The molecule has 1 aliphatic carbocycles. The van der Waals surface area contributed by atoms with Crippen molar-refractivity contribution in [3.05, 3.63) is 53.7 Å². The molecule has 18 heteroatoms. The van der Waals surface area contributed by atoms with Gasteiger partial charge in [-0.2, -0.15) is 5.10 Å². The number of carbonyl (C=O) groups excluding carboxylic acids is 4. The third kappa shape index (κ3) is 11.8. The van der Waals surface area contributed by atoms with Gasteiger partial charge in [-0.25, -0.2) is 18.0 Å². The van der Waals surface area contributed by atoms with E-state index in [9.17, 15) is 28.0 Å². The van der Waals surface area contributed by atoms with Crippen LogP contribution in [0, 0.1) is 0 Å². The molecule has 2 aromatic rings. The van der Waals surface area contributed by atoms with Crippen LogP contribution < -0.4 is 21.0 Å². The predicted octanol–water partition coefficient (Wildman–Crippen LogP) is 4.39. The minimum atomic E-state index is -2.75. The molecule has 0 aromatic carbocycles. The molecule has 1 amide bonds. The number of amides is 1. The van der Waals surface area contributed by atoms with E-state index in [0.29, 0.717) is 11.4 Å². The van der Waals surface area contributed by atoms with Gasteiger partial charge in [0.15, 0.2) is 11.5 Å². The summed E-state index contributed by atoms with van der Waals surface area (Å²) >= 11 is 0. The smallest absolute Gasteiger partial charge is 0.357 e. The van der Waals surface area contributed by atoms with Crippen molar-refractivity contribution in [1.29, 1.82) is 0 Å². The predicted molar refractivity (Wildman–Crippen MR) is 187 cm³/mol. The van der Waals surface area contributed by atoms with Gasteiger partial charge in [0, 0.05) is 37.7 Å². The van der Waals surface area contributed by atoms with Gasteiger partial charge in [-0.15, -0.1) is 10.6 Å². The summed E-state index contributed by atoms with van der Waals surface area (Å²) in [7, 11) is 0. The maximum Gasteiger partial charge on any atom is 0.357 e. The number of ether oxygens (including phenoxy) is 4. The van der Waals surface area contributed by atoms with Crippen LogP contribution in [0.2, 0.25) is 0 Å². The fraction of sp³-hybridized carbons (Fsp3) is 0.583. The average Bonchev–Trinajstić information content (AvgIpc) is 3.45. The van der Waals surface area contributed by atoms with Crippen LogP contribution in [0.25, 0.3) is 0 Å². The lowest BCUT2D eigenvalue weighted by Crippen LogP contribution is -2.53. The van der Waals surface area contributed by atoms with Gasteiger partial charge in [-0.05, 0) is 80.5 Å². The zero-order chi connectivity index (χ0) is 40.3. The van der Waals surface area contributed by atoms with E-state index in [-0.39, 0.29) is 23.6 Å². The number of halogens is 3. The van der Waals surface area contributed by atoms with E-state index in [0.717, 1.165) is 0 Å².